The molecule has 0 aliphatic heterocycles. The van der Waals surface area contributed by atoms with Gasteiger partial charge in [0.2, 0.25) is 0 Å². The maximum absolute atomic E-state index is 11.4. The van der Waals surface area contributed by atoms with Crippen LogP contribution in [-0.4, -0.2) is 17.6 Å². The highest BCUT2D eigenvalue weighted by Crippen LogP contribution is 2.06. The summed E-state index contributed by atoms with van der Waals surface area (Å²) in [7, 11) is 1.34. The van der Waals surface area contributed by atoms with Crippen molar-refractivity contribution in [3.05, 3.63) is 59.7 Å². The van der Waals surface area contributed by atoms with E-state index in [2.05, 4.69) is 4.74 Å². The number of esters is 1. The van der Waals surface area contributed by atoms with Crippen LogP contribution in [0.4, 0.5) is 0 Å². The molecule has 4 heteroatoms. The van der Waals surface area contributed by atoms with Gasteiger partial charge in [-0.05, 0) is 24.3 Å². The molecule has 0 fully saturated rings. The molecule has 0 unspecified atom stereocenters. The lowest BCUT2D eigenvalue weighted by atomic mass is 10.2. The lowest BCUT2D eigenvalue weighted by molar-refractivity contribution is 0.0600. The molecule has 0 bridgehead atoms. The Hall–Kier alpha value is -2.36. The molecule has 0 spiro atoms. The third-order valence-electron chi connectivity index (χ3n) is 2.40. The fourth-order valence-electron chi connectivity index (χ4n) is 1.54. The molecule has 0 aliphatic rings. The molecule has 0 aliphatic carbocycles. The lowest BCUT2D eigenvalue weighted by Crippen LogP contribution is -2.18. The van der Waals surface area contributed by atoms with Crippen molar-refractivity contribution in [3.63, 3.8) is 0 Å². The molecular formula is C13H12N2O2. The van der Waals surface area contributed by atoms with Gasteiger partial charge in [-0.1, -0.05) is 18.2 Å². The number of carbonyl (C=O) groups is 1. The third kappa shape index (κ3) is 2.25. The number of benzene rings is 1. The summed E-state index contributed by atoms with van der Waals surface area (Å²) in [5, 5.41) is 7.81. The molecular weight excluding hydrogens is 216 g/mol. The van der Waals surface area contributed by atoms with Crippen molar-refractivity contribution in [1.29, 1.82) is 5.41 Å². The van der Waals surface area contributed by atoms with Gasteiger partial charge >= 0.3 is 5.97 Å². The third-order valence-corrected chi connectivity index (χ3v) is 2.40. The predicted octanol–water partition coefficient (Wildman–Crippen LogP) is 1.74. The van der Waals surface area contributed by atoms with E-state index in [1.807, 2.05) is 30.3 Å². The average molecular weight is 228 g/mol. The van der Waals surface area contributed by atoms with Crippen molar-refractivity contribution in [2.75, 3.05) is 7.11 Å². The first kappa shape index (κ1) is 11.1. The highest BCUT2D eigenvalue weighted by Gasteiger charge is 2.06. The summed E-state index contributed by atoms with van der Waals surface area (Å²) >= 11 is 0. The van der Waals surface area contributed by atoms with Gasteiger partial charge in [-0.15, -0.1) is 0 Å². The first-order chi connectivity index (χ1) is 8.22. The molecule has 1 aromatic carbocycles. The Bertz CT molecular complexity index is 588. The summed E-state index contributed by atoms with van der Waals surface area (Å²) in [6.07, 6.45) is 1.60. The van der Waals surface area contributed by atoms with Gasteiger partial charge in [0, 0.05) is 11.9 Å². The first-order valence-electron chi connectivity index (χ1n) is 5.13. The van der Waals surface area contributed by atoms with Gasteiger partial charge in [0.05, 0.1) is 12.7 Å². The van der Waals surface area contributed by atoms with Crippen LogP contribution in [0.1, 0.15) is 10.4 Å². The number of methoxy groups -OCH3 is 1. The lowest BCUT2D eigenvalue weighted by Gasteiger charge is -2.08. The summed E-state index contributed by atoms with van der Waals surface area (Å²) in [4.78, 5) is 11.4. The maximum Gasteiger partial charge on any atom is 0.339 e. The molecule has 0 saturated heterocycles. The van der Waals surface area contributed by atoms with Crippen LogP contribution in [0.15, 0.2) is 48.7 Å². The van der Waals surface area contributed by atoms with Gasteiger partial charge in [-0.2, -0.15) is 0 Å². The quantitative estimate of drug-likeness (QED) is 0.796. The molecule has 0 radical (unpaired) electrons. The number of pyridine rings is 1. The van der Waals surface area contributed by atoms with Crippen molar-refractivity contribution in [1.82, 2.24) is 4.57 Å². The number of carbonyl (C=O) groups excluding carboxylic acids is 1. The Morgan fingerprint density at radius 2 is 1.88 bits per heavy atom. The normalized spacial score (nSPS) is 9.94. The van der Waals surface area contributed by atoms with E-state index >= 15 is 0 Å². The standard InChI is InChI=1S/C13H12N2O2/c1-17-13(16)10-7-8-12(14)15(9-10)11-5-3-2-4-6-11/h2-9,14H,1H3. The van der Waals surface area contributed by atoms with Gasteiger partial charge in [-0.25, -0.2) is 4.79 Å². The Morgan fingerprint density at radius 1 is 1.18 bits per heavy atom. The first-order valence-corrected chi connectivity index (χ1v) is 5.13. The Kier molecular flexibility index (Phi) is 3.05. The van der Waals surface area contributed by atoms with Gasteiger partial charge in [0.25, 0.3) is 0 Å². The average Bonchev–Trinajstić information content (AvgIpc) is 2.39. The van der Waals surface area contributed by atoms with Crippen molar-refractivity contribution >= 4 is 5.97 Å². The number of nitrogens with zero attached hydrogens (tertiary/aromatic N) is 1. The molecule has 0 saturated carbocycles. The van der Waals surface area contributed by atoms with Crippen molar-refractivity contribution in [2.45, 2.75) is 0 Å². The van der Waals surface area contributed by atoms with Crippen LogP contribution >= 0.6 is 0 Å². The maximum atomic E-state index is 11.4. The predicted molar refractivity (Wildman–Crippen MR) is 63.0 cm³/mol. The van der Waals surface area contributed by atoms with Crippen LogP contribution in [0.5, 0.6) is 0 Å². The summed E-state index contributed by atoms with van der Waals surface area (Å²) < 4.78 is 6.28. The highest BCUT2D eigenvalue weighted by atomic mass is 16.5. The second kappa shape index (κ2) is 4.65. The number of rotatable bonds is 2. The minimum absolute atomic E-state index is 0.309. The zero-order chi connectivity index (χ0) is 12.3. The largest absolute Gasteiger partial charge is 0.465 e. The van der Waals surface area contributed by atoms with Gasteiger partial charge < -0.3 is 9.30 Å². The zero-order valence-electron chi connectivity index (χ0n) is 9.38. The molecule has 1 N–H and O–H groups in total. The minimum Gasteiger partial charge on any atom is -0.465 e. The summed E-state index contributed by atoms with van der Waals surface area (Å²) in [6, 6.07) is 12.6. The molecule has 4 nitrogen and oxygen atoms in total. The van der Waals surface area contributed by atoms with Crippen LogP contribution in [0.25, 0.3) is 5.69 Å². The molecule has 1 aromatic heterocycles. The molecule has 1 heterocycles. The zero-order valence-corrected chi connectivity index (χ0v) is 9.38. The number of para-hydroxylation sites is 1. The summed E-state index contributed by atoms with van der Waals surface area (Å²) in [5.41, 5.74) is 1.57. The molecule has 17 heavy (non-hydrogen) atoms. The van der Waals surface area contributed by atoms with E-state index in [0.717, 1.165) is 5.69 Å². The van der Waals surface area contributed by atoms with Gasteiger partial charge in [-0.3, -0.25) is 5.41 Å². The van der Waals surface area contributed by atoms with Crippen molar-refractivity contribution in [3.8, 4) is 5.69 Å². The second-order valence-corrected chi connectivity index (χ2v) is 3.50. The minimum atomic E-state index is -0.408. The molecule has 86 valence electrons. The Balaban J connectivity index is 2.55. The van der Waals surface area contributed by atoms with Crippen LogP contribution in [0.2, 0.25) is 0 Å². The van der Waals surface area contributed by atoms with Crippen molar-refractivity contribution < 1.29 is 9.53 Å². The molecule has 2 rings (SSSR count). The SMILES string of the molecule is COC(=O)c1ccc(=N)n(-c2ccccc2)c1. The van der Waals surface area contributed by atoms with E-state index in [4.69, 9.17) is 5.41 Å². The van der Waals surface area contributed by atoms with Gasteiger partial charge in [0.15, 0.2) is 0 Å². The van der Waals surface area contributed by atoms with E-state index in [-0.39, 0.29) is 0 Å². The van der Waals surface area contributed by atoms with Crippen molar-refractivity contribution in [2.24, 2.45) is 0 Å². The number of nitrogens with one attached hydrogen (secondary N) is 1. The number of ether oxygens (including phenoxy) is 1. The second-order valence-electron chi connectivity index (χ2n) is 3.50. The smallest absolute Gasteiger partial charge is 0.339 e. The Morgan fingerprint density at radius 3 is 2.53 bits per heavy atom. The topological polar surface area (TPSA) is 55.1 Å². The highest BCUT2D eigenvalue weighted by molar-refractivity contribution is 5.88. The molecule has 0 amide bonds. The van der Waals surface area contributed by atoms with E-state index in [1.165, 1.54) is 7.11 Å². The fraction of sp³-hybridized carbons (Fsp3) is 0.0769. The van der Waals surface area contributed by atoms with E-state index in [9.17, 15) is 4.79 Å². The van der Waals surface area contributed by atoms with Crippen LogP contribution < -0.4 is 5.49 Å². The van der Waals surface area contributed by atoms with E-state index < -0.39 is 5.97 Å². The monoisotopic (exact) mass is 228 g/mol. The van der Waals surface area contributed by atoms with E-state index in [0.29, 0.717) is 11.1 Å². The van der Waals surface area contributed by atoms with E-state index in [1.54, 1.807) is 22.9 Å². The fourth-order valence-corrected chi connectivity index (χ4v) is 1.54. The number of hydrogen-bond donors (Lipinski definition) is 1. The van der Waals surface area contributed by atoms with Crippen LogP contribution in [0, 0.1) is 5.41 Å². The molecule has 0 atom stereocenters. The molecule has 2 aromatic rings. The number of hydrogen-bond acceptors (Lipinski definition) is 3. The summed E-state index contributed by atoms with van der Waals surface area (Å²) in [5.74, 6) is -0.408. The van der Waals surface area contributed by atoms with Crippen LogP contribution in [-0.2, 0) is 4.74 Å². The summed E-state index contributed by atoms with van der Waals surface area (Å²) in [6.45, 7) is 0. The van der Waals surface area contributed by atoms with Gasteiger partial charge in [0.1, 0.15) is 5.49 Å². The Labute approximate surface area is 98.6 Å². The van der Waals surface area contributed by atoms with Crippen LogP contribution in [0.3, 0.4) is 0 Å². The number of aromatic nitrogens is 1.